The van der Waals surface area contributed by atoms with E-state index in [1.807, 2.05) is 12.1 Å². The van der Waals surface area contributed by atoms with Gasteiger partial charge in [-0.25, -0.2) is 0 Å². The highest BCUT2D eigenvalue weighted by molar-refractivity contribution is 5.63. The summed E-state index contributed by atoms with van der Waals surface area (Å²) in [7, 11) is 0. The molecule has 1 nitrogen and oxygen atoms in total. The van der Waals surface area contributed by atoms with Crippen molar-refractivity contribution in [1.82, 2.24) is 0 Å². The molecule has 0 saturated heterocycles. The van der Waals surface area contributed by atoms with Crippen LogP contribution in [0.5, 0.6) is 5.75 Å². The monoisotopic (exact) mass is 353 g/mol. The van der Waals surface area contributed by atoms with Crippen molar-refractivity contribution in [2.75, 3.05) is 0 Å². The van der Waals surface area contributed by atoms with E-state index < -0.39 is 0 Å². The molecule has 2 aromatic carbocycles. The van der Waals surface area contributed by atoms with Gasteiger partial charge in [0.1, 0.15) is 11.4 Å². The van der Waals surface area contributed by atoms with Crippen molar-refractivity contribution in [2.24, 2.45) is 0 Å². The molecule has 0 radical (unpaired) electrons. The van der Waals surface area contributed by atoms with Crippen LogP contribution >= 0.6 is 0 Å². The third-order valence-corrected chi connectivity index (χ3v) is 3.49. The van der Waals surface area contributed by atoms with Crippen LogP contribution in [0, 0.1) is 3.57 Å². The average Bonchev–Trinajstić information content (AvgIpc) is 2.29. The molecule has 0 spiro atoms. The van der Waals surface area contributed by atoms with Crippen molar-refractivity contribution in [1.29, 1.82) is 0 Å². The number of benzene rings is 2. The molecule has 2 heteroatoms. The maximum Gasteiger partial charge on any atom is 0.297 e. The largest absolute Gasteiger partial charge is 0.488 e. The number of halogens is 1. The lowest BCUT2D eigenvalue weighted by Gasteiger charge is -2.21. The van der Waals surface area contributed by atoms with Crippen LogP contribution in [-0.4, -0.2) is 5.60 Å². The first kappa shape index (κ1) is 13.4. The Balaban J connectivity index is 2.26. The van der Waals surface area contributed by atoms with Gasteiger partial charge in [0.05, 0.1) is 0 Å². The molecule has 0 aromatic heterocycles. The minimum absolute atomic E-state index is 0.148. The van der Waals surface area contributed by atoms with Crippen LogP contribution in [0.1, 0.15) is 20.8 Å². The molecule has 0 amide bonds. The van der Waals surface area contributed by atoms with E-state index in [4.69, 9.17) is 4.74 Å². The Kier molecular flexibility index (Phi) is 3.95. The zero-order chi connectivity index (χ0) is 13.2. The molecule has 0 bridgehead atoms. The van der Waals surface area contributed by atoms with Gasteiger partial charge < -0.3 is 4.74 Å². The molecule has 94 valence electrons. The standard InChI is InChI=1S/C16H18IO/c1-16(2,3)18-13-10-8-12(9-11-13)14-6-4-5-7-15(14)17/h4-11,17H,1-3H3/q+1. The summed E-state index contributed by atoms with van der Waals surface area (Å²) >= 11 is 2.06. The molecule has 0 fully saturated rings. The molecule has 2 aromatic rings. The Morgan fingerprint density at radius 3 is 2.06 bits per heavy atom. The Morgan fingerprint density at radius 1 is 0.889 bits per heavy atom. The van der Waals surface area contributed by atoms with Crippen LogP contribution in [0.3, 0.4) is 0 Å². The van der Waals surface area contributed by atoms with E-state index in [0.717, 1.165) is 5.75 Å². The predicted octanol–water partition coefficient (Wildman–Crippen LogP) is 0.986. The fourth-order valence-electron chi connectivity index (χ4n) is 1.76. The van der Waals surface area contributed by atoms with E-state index in [1.165, 1.54) is 14.7 Å². The lowest BCUT2D eigenvalue weighted by Crippen LogP contribution is -3.34. The lowest BCUT2D eigenvalue weighted by molar-refractivity contribution is -0.326. The van der Waals surface area contributed by atoms with E-state index in [1.54, 1.807) is 0 Å². The van der Waals surface area contributed by atoms with Gasteiger partial charge in [0.15, 0.2) is 3.57 Å². The van der Waals surface area contributed by atoms with Crippen LogP contribution in [0.2, 0.25) is 0 Å². The second-order valence-electron chi connectivity index (χ2n) is 5.23. The van der Waals surface area contributed by atoms with Gasteiger partial charge in [0, 0.05) is 5.56 Å². The van der Waals surface area contributed by atoms with Gasteiger partial charge in [-0.1, -0.05) is 24.3 Å². The SMILES string of the molecule is CC(C)(C)Oc1ccc(-c2ccccc2[IH+])cc1. The molecule has 0 aliphatic rings. The summed E-state index contributed by atoms with van der Waals surface area (Å²) in [6, 6.07) is 16.7. The van der Waals surface area contributed by atoms with E-state index in [2.05, 4.69) is 79.8 Å². The van der Waals surface area contributed by atoms with Gasteiger partial charge in [0.25, 0.3) is 22.6 Å². The van der Waals surface area contributed by atoms with Crippen LogP contribution in [0.25, 0.3) is 11.1 Å². The van der Waals surface area contributed by atoms with Crippen molar-refractivity contribution in [2.45, 2.75) is 26.4 Å². The van der Waals surface area contributed by atoms with Crippen LogP contribution in [-0.2, 0) is 0 Å². The van der Waals surface area contributed by atoms with E-state index in [9.17, 15) is 0 Å². The molecule has 0 aliphatic heterocycles. The van der Waals surface area contributed by atoms with Crippen LogP contribution in [0.15, 0.2) is 48.5 Å². The van der Waals surface area contributed by atoms with Crippen LogP contribution < -0.4 is 27.3 Å². The summed E-state index contributed by atoms with van der Waals surface area (Å²) in [5, 5.41) is 0. The third-order valence-electron chi connectivity index (χ3n) is 2.48. The first-order chi connectivity index (χ1) is 8.46. The molecule has 2 rings (SSSR count). The summed E-state index contributed by atoms with van der Waals surface area (Å²) in [4.78, 5) is 0. The maximum atomic E-state index is 5.82. The molecular formula is C16H18IO+. The first-order valence-corrected chi connectivity index (χ1v) is 7.18. The highest BCUT2D eigenvalue weighted by Gasteiger charge is 2.12. The molecule has 0 heterocycles. The van der Waals surface area contributed by atoms with Crippen molar-refractivity contribution < 1.29 is 27.3 Å². The fourth-order valence-corrected chi connectivity index (χ4v) is 2.52. The van der Waals surface area contributed by atoms with Crippen LogP contribution in [0.4, 0.5) is 0 Å². The first-order valence-electron chi connectivity index (χ1n) is 6.01. The van der Waals surface area contributed by atoms with Gasteiger partial charge in [-0.05, 0) is 50.6 Å². The minimum Gasteiger partial charge on any atom is -0.488 e. The molecule has 0 N–H and O–H groups in total. The van der Waals surface area contributed by atoms with Crippen molar-refractivity contribution >= 4 is 0 Å². The van der Waals surface area contributed by atoms with Crippen molar-refractivity contribution in [3.8, 4) is 16.9 Å². The second-order valence-corrected chi connectivity index (χ2v) is 6.49. The summed E-state index contributed by atoms with van der Waals surface area (Å²) in [5.41, 5.74) is 2.37. The zero-order valence-corrected chi connectivity index (χ0v) is 13.3. The van der Waals surface area contributed by atoms with E-state index in [-0.39, 0.29) is 5.60 Å². The number of rotatable bonds is 2. The van der Waals surface area contributed by atoms with Gasteiger partial charge in [-0.2, -0.15) is 0 Å². The molecule has 18 heavy (non-hydrogen) atoms. The number of hydrogen-bond acceptors (Lipinski definition) is 1. The number of ether oxygens (including phenoxy) is 1. The summed E-state index contributed by atoms with van der Waals surface area (Å²) < 4.78 is 7.13. The summed E-state index contributed by atoms with van der Waals surface area (Å²) in [5.74, 6) is 0.917. The minimum atomic E-state index is -0.148. The molecule has 0 atom stereocenters. The Bertz CT molecular complexity index is 524. The maximum absolute atomic E-state index is 5.82. The third kappa shape index (κ3) is 3.48. The van der Waals surface area contributed by atoms with Crippen molar-refractivity contribution in [3.63, 3.8) is 0 Å². The quantitative estimate of drug-likeness (QED) is 0.732. The fraction of sp³-hybridized carbons (Fsp3) is 0.250. The predicted molar refractivity (Wildman–Crippen MR) is 72.4 cm³/mol. The average molecular weight is 353 g/mol. The van der Waals surface area contributed by atoms with E-state index in [0.29, 0.717) is 0 Å². The Morgan fingerprint density at radius 2 is 1.50 bits per heavy atom. The molecule has 0 saturated carbocycles. The highest BCUT2D eigenvalue weighted by atomic mass is 127. The Hall–Kier alpha value is -1.03. The van der Waals surface area contributed by atoms with Gasteiger partial charge in [-0.15, -0.1) is 0 Å². The van der Waals surface area contributed by atoms with Crippen molar-refractivity contribution in [3.05, 3.63) is 52.1 Å². The van der Waals surface area contributed by atoms with Gasteiger partial charge in [0.2, 0.25) is 0 Å². The topological polar surface area (TPSA) is 9.23 Å². The zero-order valence-electron chi connectivity index (χ0n) is 10.9. The second kappa shape index (κ2) is 5.31. The Labute approximate surface area is 122 Å². The summed E-state index contributed by atoms with van der Waals surface area (Å²) in [6.07, 6.45) is 0. The number of hydrogen-bond donors (Lipinski definition) is 0. The normalized spacial score (nSPS) is 11.3. The van der Waals surface area contributed by atoms with E-state index >= 15 is 0 Å². The summed E-state index contributed by atoms with van der Waals surface area (Å²) in [6.45, 7) is 6.17. The molecule has 0 unspecified atom stereocenters. The van der Waals surface area contributed by atoms with Gasteiger partial charge >= 0.3 is 0 Å². The highest BCUT2D eigenvalue weighted by Crippen LogP contribution is 2.24. The smallest absolute Gasteiger partial charge is 0.297 e. The molecule has 0 aliphatic carbocycles. The lowest BCUT2D eigenvalue weighted by atomic mass is 10.1. The van der Waals surface area contributed by atoms with Gasteiger partial charge in [-0.3, -0.25) is 0 Å². The molecular weight excluding hydrogens is 335 g/mol.